The van der Waals surface area contributed by atoms with Gasteiger partial charge in [-0.2, -0.15) is 0 Å². The van der Waals surface area contributed by atoms with Crippen LogP contribution < -0.4 is 4.90 Å². The van der Waals surface area contributed by atoms with Crippen LogP contribution in [0.2, 0.25) is 5.02 Å². The maximum atomic E-state index is 13.5. The lowest BCUT2D eigenvalue weighted by Gasteiger charge is -2.43. The number of hydrogen-bond acceptors (Lipinski definition) is 3. The van der Waals surface area contributed by atoms with E-state index in [0.29, 0.717) is 17.0 Å². The zero-order valence-corrected chi connectivity index (χ0v) is 18.0. The van der Waals surface area contributed by atoms with Gasteiger partial charge in [-0.1, -0.05) is 29.8 Å². The van der Waals surface area contributed by atoms with Gasteiger partial charge in [0.2, 0.25) is 0 Å². The van der Waals surface area contributed by atoms with Crippen molar-refractivity contribution in [2.75, 3.05) is 44.8 Å². The largest absolute Gasteiger partial charge is 0.358 e. The molecule has 0 radical (unpaired) electrons. The fourth-order valence-corrected chi connectivity index (χ4v) is 4.94. The van der Waals surface area contributed by atoms with Crippen LogP contribution in [0.25, 0.3) is 0 Å². The van der Waals surface area contributed by atoms with Gasteiger partial charge in [0, 0.05) is 29.8 Å². The lowest BCUT2D eigenvalue weighted by molar-refractivity contribution is 0.109. The highest BCUT2D eigenvalue weighted by Gasteiger charge is 2.28. The number of para-hydroxylation sites is 1. The highest BCUT2D eigenvalue weighted by molar-refractivity contribution is 6.31. The van der Waals surface area contributed by atoms with E-state index in [9.17, 15) is 4.39 Å². The van der Waals surface area contributed by atoms with Gasteiger partial charge in [-0.15, -0.1) is 0 Å². The third kappa shape index (κ3) is 5.30. The molecule has 3 nitrogen and oxygen atoms in total. The summed E-state index contributed by atoms with van der Waals surface area (Å²) in [5, 5.41) is 0.695. The van der Waals surface area contributed by atoms with Gasteiger partial charge in [0.15, 0.2) is 0 Å². The van der Waals surface area contributed by atoms with E-state index < -0.39 is 0 Å². The maximum Gasteiger partial charge on any atom is 0.123 e. The Morgan fingerprint density at radius 2 is 1.76 bits per heavy atom. The van der Waals surface area contributed by atoms with Crippen molar-refractivity contribution in [1.29, 1.82) is 0 Å². The van der Waals surface area contributed by atoms with E-state index >= 15 is 0 Å². The summed E-state index contributed by atoms with van der Waals surface area (Å²) in [5.41, 5.74) is 2.27. The maximum absolute atomic E-state index is 13.5. The Kier molecular flexibility index (Phi) is 6.74. The number of likely N-dealkylation sites (N-methyl/N-ethyl adjacent to an activating group) is 1. The van der Waals surface area contributed by atoms with Crippen molar-refractivity contribution in [2.24, 2.45) is 5.92 Å². The highest BCUT2D eigenvalue weighted by Crippen LogP contribution is 2.27. The molecule has 0 aliphatic carbocycles. The Labute approximate surface area is 179 Å². The number of hydrogen-bond donors (Lipinski definition) is 0. The number of halogens is 2. The van der Waals surface area contributed by atoms with E-state index in [4.69, 9.17) is 11.6 Å². The van der Waals surface area contributed by atoms with Gasteiger partial charge < -0.3 is 9.80 Å². The first-order valence-corrected chi connectivity index (χ1v) is 11.1. The van der Waals surface area contributed by atoms with Gasteiger partial charge in [0.1, 0.15) is 5.82 Å². The lowest BCUT2D eigenvalue weighted by atomic mass is 9.90. The molecule has 5 heteroatoms. The second-order valence-corrected chi connectivity index (χ2v) is 9.03. The number of piperidine rings is 1. The van der Waals surface area contributed by atoms with Crippen molar-refractivity contribution in [3.8, 4) is 0 Å². The lowest BCUT2D eigenvalue weighted by Crippen LogP contribution is -2.53. The van der Waals surface area contributed by atoms with Crippen LogP contribution in [0.3, 0.4) is 0 Å². The van der Waals surface area contributed by atoms with Crippen LogP contribution in [-0.4, -0.2) is 55.7 Å². The Balaban J connectivity index is 1.24. The summed E-state index contributed by atoms with van der Waals surface area (Å²) in [6.07, 6.45) is 4.42. The summed E-state index contributed by atoms with van der Waals surface area (Å²) < 4.78 is 13.5. The van der Waals surface area contributed by atoms with E-state index in [1.807, 2.05) is 0 Å². The summed E-state index contributed by atoms with van der Waals surface area (Å²) in [5.74, 6) is 0.412. The molecule has 156 valence electrons. The summed E-state index contributed by atoms with van der Waals surface area (Å²) in [7, 11) is 2.25. The average molecular weight is 416 g/mol. The van der Waals surface area contributed by atoms with Gasteiger partial charge in [0.05, 0.1) is 6.67 Å². The number of likely N-dealkylation sites (tertiary alicyclic amines) is 1. The molecule has 4 rings (SSSR count). The molecule has 0 N–H and O–H groups in total. The monoisotopic (exact) mass is 415 g/mol. The molecule has 0 bridgehead atoms. The molecule has 2 fully saturated rings. The third-order valence-electron chi connectivity index (χ3n) is 6.56. The SMILES string of the molecule is CN1CN(c2ccccc2)CCC1CN1CCC(Cc2cc(F)ccc2Cl)CC1. The molecule has 2 aromatic carbocycles. The first-order chi connectivity index (χ1) is 14.1. The van der Waals surface area contributed by atoms with Gasteiger partial charge in [0.25, 0.3) is 0 Å². The molecule has 0 aromatic heterocycles. The predicted octanol–water partition coefficient (Wildman–Crippen LogP) is 4.90. The second-order valence-electron chi connectivity index (χ2n) is 8.62. The minimum Gasteiger partial charge on any atom is -0.358 e. The molecule has 2 heterocycles. The number of nitrogens with zero attached hydrogens (tertiary/aromatic N) is 3. The third-order valence-corrected chi connectivity index (χ3v) is 6.93. The first-order valence-electron chi connectivity index (χ1n) is 10.7. The van der Waals surface area contributed by atoms with Crippen molar-refractivity contribution >= 4 is 17.3 Å². The topological polar surface area (TPSA) is 9.72 Å². The Bertz CT molecular complexity index is 792. The normalized spacial score (nSPS) is 22.2. The van der Waals surface area contributed by atoms with Gasteiger partial charge in [-0.3, -0.25) is 4.90 Å². The van der Waals surface area contributed by atoms with Crippen molar-refractivity contribution < 1.29 is 4.39 Å². The fourth-order valence-electron chi connectivity index (χ4n) is 4.74. The Morgan fingerprint density at radius 1 is 1.00 bits per heavy atom. The van der Waals surface area contributed by atoms with E-state index in [0.717, 1.165) is 44.8 Å². The van der Waals surface area contributed by atoms with Crippen LogP contribution in [0.5, 0.6) is 0 Å². The van der Waals surface area contributed by atoms with Gasteiger partial charge >= 0.3 is 0 Å². The molecule has 1 unspecified atom stereocenters. The fraction of sp³-hybridized carbons (Fsp3) is 0.500. The van der Waals surface area contributed by atoms with E-state index in [2.05, 4.69) is 52.1 Å². The van der Waals surface area contributed by atoms with Crippen LogP contribution in [0.15, 0.2) is 48.5 Å². The van der Waals surface area contributed by atoms with Crippen molar-refractivity contribution in [3.63, 3.8) is 0 Å². The molecule has 2 aromatic rings. The van der Waals surface area contributed by atoms with Crippen LogP contribution in [-0.2, 0) is 6.42 Å². The van der Waals surface area contributed by atoms with Crippen LogP contribution >= 0.6 is 11.6 Å². The van der Waals surface area contributed by atoms with E-state index in [1.54, 1.807) is 12.1 Å². The first kappa shape index (κ1) is 20.6. The summed E-state index contributed by atoms with van der Waals surface area (Å²) in [6.45, 7) is 5.51. The molecule has 0 spiro atoms. The highest BCUT2D eigenvalue weighted by atomic mass is 35.5. The number of anilines is 1. The van der Waals surface area contributed by atoms with E-state index in [-0.39, 0.29) is 5.82 Å². The summed E-state index contributed by atoms with van der Waals surface area (Å²) in [4.78, 5) is 7.57. The van der Waals surface area contributed by atoms with Crippen molar-refractivity contribution in [1.82, 2.24) is 9.80 Å². The number of benzene rings is 2. The summed E-state index contributed by atoms with van der Waals surface area (Å²) >= 11 is 6.26. The molecule has 0 saturated carbocycles. The molecular weight excluding hydrogens is 385 g/mol. The standard InChI is InChI=1S/C24H31ClFN3/c1-27-18-29(22-5-3-2-4-6-22)14-11-23(27)17-28-12-9-19(10-13-28)15-20-16-21(26)7-8-24(20)25/h2-8,16,19,23H,9-15,17-18H2,1H3. The zero-order chi connectivity index (χ0) is 20.2. The zero-order valence-electron chi connectivity index (χ0n) is 17.2. The summed E-state index contributed by atoms with van der Waals surface area (Å²) in [6, 6.07) is 16.0. The second kappa shape index (κ2) is 9.46. The Hall–Kier alpha value is -1.62. The molecule has 29 heavy (non-hydrogen) atoms. The van der Waals surface area contributed by atoms with Gasteiger partial charge in [-0.25, -0.2) is 4.39 Å². The molecular formula is C24H31ClFN3. The minimum absolute atomic E-state index is 0.188. The Morgan fingerprint density at radius 3 is 2.48 bits per heavy atom. The predicted molar refractivity (Wildman–Crippen MR) is 119 cm³/mol. The smallest absolute Gasteiger partial charge is 0.123 e. The van der Waals surface area contributed by atoms with Crippen LogP contribution in [0.1, 0.15) is 24.8 Å². The number of rotatable bonds is 5. The van der Waals surface area contributed by atoms with Crippen molar-refractivity contribution in [3.05, 3.63) is 64.9 Å². The van der Waals surface area contributed by atoms with Crippen molar-refractivity contribution in [2.45, 2.75) is 31.7 Å². The van der Waals surface area contributed by atoms with Crippen LogP contribution in [0.4, 0.5) is 10.1 Å². The van der Waals surface area contributed by atoms with Crippen LogP contribution in [0, 0.1) is 11.7 Å². The minimum atomic E-state index is -0.188. The van der Waals surface area contributed by atoms with E-state index in [1.165, 1.54) is 31.0 Å². The molecule has 0 amide bonds. The molecule has 2 aliphatic rings. The molecule has 1 atom stereocenters. The quantitative estimate of drug-likeness (QED) is 0.687. The molecule has 2 aliphatic heterocycles. The average Bonchev–Trinajstić information content (AvgIpc) is 2.74. The molecule has 2 saturated heterocycles. The van der Waals surface area contributed by atoms with Gasteiger partial charge in [-0.05, 0) is 87.6 Å².